The number of methoxy groups -OCH3 is 1. The van der Waals surface area contributed by atoms with Crippen LogP contribution >= 0.6 is 0 Å². The van der Waals surface area contributed by atoms with Gasteiger partial charge in [0, 0.05) is 12.6 Å². The van der Waals surface area contributed by atoms with Crippen molar-refractivity contribution in [2.75, 3.05) is 12.4 Å². The molecule has 0 bridgehead atoms. The van der Waals surface area contributed by atoms with Crippen LogP contribution in [0.2, 0.25) is 0 Å². The average molecular weight is 313 g/mol. The van der Waals surface area contributed by atoms with Crippen molar-refractivity contribution < 1.29 is 14.3 Å². The Balaban J connectivity index is 2.02. The maximum absolute atomic E-state index is 12.1. The molecule has 1 unspecified atom stereocenters. The molecule has 0 saturated heterocycles. The molecule has 0 saturated carbocycles. The first kappa shape index (κ1) is 16.5. The lowest BCUT2D eigenvalue weighted by Gasteiger charge is -2.17. The fraction of sp³-hybridized carbons (Fsp3) is 0.235. The van der Waals surface area contributed by atoms with Gasteiger partial charge < -0.3 is 10.1 Å². The Morgan fingerprint density at radius 1 is 1.22 bits per heavy atom. The molecule has 6 heteroatoms. The molecule has 2 aromatic rings. The Morgan fingerprint density at radius 3 is 2.61 bits per heavy atom. The van der Waals surface area contributed by atoms with E-state index in [2.05, 4.69) is 15.6 Å². The van der Waals surface area contributed by atoms with E-state index in [-0.39, 0.29) is 0 Å². The van der Waals surface area contributed by atoms with Crippen LogP contribution in [0.15, 0.2) is 48.7 Å². The van der Waals surface area contributed by atoms with Crippen molar-refractivity contribution in [2.45, 2.75) is 19.4 Å². The topological polar surface area (TPSA) is 80.3 Å². The number of nitrogens with one attached hydrogen (secondary N) is 2. The molecule has 1 aromatic carbocycles. The molecule has 1 heterocycles. The van der Waals surface area contributed by atoms with Gasteiger partial charge in [-0.3, -0.25) is 5.32 Å². The Bertz CT molecular complexity index is 674. The van der Waals surface area contributed by atoms with Crippen LogP contribution in [0.4, 0.5) is 10.6 Å². The van der Waals surface area contributed by atoms with Crippen molar-refractivity contribution in [1.29, 1.82) is 0 Å². The van der Waals surface area contributed by atoms with Crippen LogP contribution in [-0.2, 0) is 16.0 Å². The zero-order valence-electron chi connectivity index (χ0n) is 13.1. The normalized spacial score (nSPS) is 11.4. The molecule has 6 nitrogen and oxygen atoms in total. The molecule has 0 spiro atoms. The van der Waals surface area contributed by atoms with Gasteiger partial charge in [0.05, 0.1) is 7.11 Å². The number of pyridine rings is 1. The van der Waals surface area contributed by atoms with E-state index >= 15 is 0 Å². The maximum atomic E-state index is 12.1. The molecule has 1 aromatic heterocycles. The summed E-state index contributed by atoms with van der Waals surface area (Å²) in [5.74, 6) is -0.0768. The van der Waals surface area contributed by atoms with Gasteiger partial charge in [0.15, 0.2) is 0 Å². The fourth-order valence-electron chi connectivity index (χ4n) is 2.10. The number of benzene rings is 1. The number of amides is 2. The highest BCUT2D eigenvalue weighted by atomic mass is 16.5. The van der Waals surface area contributed by atoms with E-state index < -0.39 is 18.0 Å². The average Bonchev–Trinajstić information content (AvgIpc) is 2.54. The number of carbonyl (C=O) groups is 2. The number of urea groups is 1. The zero-order chi connectivity index (χ0) is 16.7. The standard InChI is InChI=1S/C17H19N3O3/c1-12-8-9-18-15(10-12)20-17(22)19-14(16(21)23-2)11-13-6-4-3-5-7-13/h3-10,14H,11H2,1-2H3,(H2,18,19,20,22). The van der Waals surface area contributed by atoms with E-state index in [0.29, 0.717) is 12.2 Å². The quantitative estimate of drug-likeness (QED) is 0.830. The third kappa shape index (κ3) is 5.10. The molecule has 0 radical (unpaired) electrons. The van der Waals surface area contributed by atoms with Gasteiger partial charge in [-0.2, -0.15) is 0 Å². The second-order valence-electron chi connectivity index (χ2n) is 5.08. The van der Waals surface area contributed by atoms with Crippen molar-refractivity contribution in [1.82, 2.24) is 10.3 Å². The van der Waals surface area contributed by atoms with Crippen LogP contribution in [0.1, 0.15) is 11.1 Å². The van der Waals surface area contributed by atoms with Crippen LogP contribution in [0.5, 0.6) is 0 Å². The maximum Gasteiger partial charge on any atom is 0.328 e. The van der Waals surface area contributed by atoms with Gasteiger partial charge in [-0.15, -0.1) is 0 Å². The first-order valence-corrected chi connectivity index (χ1v) is 7.20. The number of rotatable bonds is 5. The van der Waals surface area contributed by atoms with E-state index in [1.165, 1.54) is 7.11 Å². The molecule has 120 valence electrons. The van der Waals surface area contributed by atoms with E-state index in [4.69, 9.17) is 4.74 Å². The number of hydrogen-bond donors (Lipinski definition) is 2. The van der Waals surface area contributed by atoms with Gasteiger partial charge in [-0.1, -0.05) is 30.3 Å². The van der Waals surface area contributed by atoms with Crippen LogP contribution in [0.25, 0.3) is 0 Å². The van der Waals surface area contributed by atoms with Gasteiger partial charge in [0.2, 0.25) is 0 Å². The molecule has 0 fully saturated rings. The summed E-state index contributed by atoms with van der Waals surface area (Å²) in [4.78, 5) is 28.0. The molecule has 2 amide bonds. The molecule has 0 aliphatic carbocycles. The van der Waals surface area contributed by atoms with Gasteiger partial charge in [0.25, 0.3) is 0 Å². The summed E-state index contributed by atoms with van der Waals surface area (Å²) in [6.45, 7) is 1.90. The Morgan fingerprint density at radius 2 is 1.96 bits per heavy atom. The van der Waals surface area contributed by atoms with E-state index in [1.807, 2.05) is 43.3 Å². The summed E-state index contributed by atoms with van der Waals surface area (Å²) in [6, 6.07) is 11.7. The monoisotopic (exact) mass is 313 g/mol. The number of hydrogen-bond acceptors (Lipinski definition) is 4. The molecule has 2 N–H and O–H groups in total. The van der Waals surface area contributed by atoms with Gasteiger partial charge in [0.1, 0.15) is 11.9 Å². The van der Waals surface area contributed by atoms with E-state index in [0.717, 1.165) is 11.1 Å². The summed E-state index contributed by atoms with van der Waals surface area (Å²) in [6.07, 6.45) is 1.95. The fourth-order valence-corrected chi connectivity index (χ4v) is 2.10. The van der Waals surface area contributed by atoms with Gasteiger partial charge in [-0.05, 0) is 30.2 Å². The number of carbonyl (C=O) groups excluding carboxylic acids is 2. The molecular formula is C17H19N3O3. The second-order valence-corrected chi connectivity index (χ2v) is 5.08. The zero-order valence-corrected chi connectivity index (χ0v) is 13.1. The van der Waals surface area contributed by atoms with Crippen LogP contribution in [0, 0.1) is 6.92 Å². The number of aryl methyl sites for hydroxylation is 1. The smallest absolute Gasteiger partial charge is 0.328 e. The highest BCUT2D eigenvalue weighted by Gasteiger charge is 2.22. The summed E-state index contributed by atoms with van der Waals surface area (Å²) in [7, 11) is 1.29. The second kappa shape index (κ2) is 7.93. The van der Waals surface area contributed by atoms with Crippen LogP contribution < -0.4 is 10.6 Å². The Labute approximate surface area is 134 Å². The Kier molecular flexibility index (Phi) is 5.68. The first-order valence-electron chi connectivity index (χ1n) is 7.20. The lowest BCUT2D eigenvalue weighted by atomic mass is 10.1. The van der Waals surface area contributed by atoms with Crippen LogP contribution in [-0.4, -0.2) is 30.1 Å². The third-order valence-corrected chi connectivity index (χ3v) is 3.23. The Hall–Kier alpha value is -2.89. The van der Waals surface area contributed by atoms with Crippen molar-refractivity contribution in [2.24, 2.45) is 0 Å². The molecule has 0 aliphatic rings. The number of nitrogens with zero attached hydrogens (tertiary/aromatic N) is 1. The predicted molar refractivity (Wildman–Crippen MR) is 87.1 cm³/mol. The molecule has 0 aliphatic heterocycles. The third-order valence-electron chi connectivity index (χ3n) is 3.23. The first-order chi connectivity index (χ1) is 11.1. The van der Waals surface area contributed by atoms with Crippen LogP contribution in [0.3, 0.4) is 0 Å². The summed E-state index contributed by atoms with van der Waals surface area (Å²) < 4.78 is 4.76. The summed E-state index contributed by atoms with van der Waals surface area (Å²) >= 11 is 0. The van der Waals surface area contributed by atoms with E-state index in [1.54, 1.807) is 12.3 Å². The predicted octanol–water partition coefficient (Wildman–Crippen LogP) is 2.30. The van der Waals surface area contributed by atoms with Crippen molar-refractivity contribution in [3.63, 3.8) is 0 Å². The van der Waals surface area contributed by atoms with Gasteiger partial charge in [-0.25, -0.2) is 14.6 Å². The number of aromatic nitrogens is 1. The minimum atomic E-state index is -0.771. The van der Waals surface area contributed by atoms with Gasteiger partial charge >= 0.3 is 12.0 Å². The van der Waals surface area contributed by atoms with E-state index in [9.17, 15) is 9.59 Å². The molecule has 2 rings (SSSR count). The number of ether oxygens (including phenoxy) is 1. The molecule has 23 heavy (non-hydrogen) atoms. The summed E-state index contributed by atoms with van der Waals surface area (Å²) in [5.41, 5.74) is 1.90. The highest BCUT2D eigenvalue weighted by Crippen LogP contribution is 2.07. The number of anilines is 1. The lowest BCUT2D eigenvalue weighted by Crippen LogP contribution is -2.45. The lowest BCUT2D eigenvalue weighted by molar-refractivity contribution is -0.142. The largest absolute Gasteiger partial charge is 0.467 e. The number of esters is 1. The highest BCUT2D eigenvalue weighted by molar-refractivity contribution is 5.91. The molecule has 1 atom stereocenters. The van der Waals surface area contributed by atoms with Crippen molar-refractivity contribution in [3.8, 4) is 0 Å². The SMILES string of the molecule is COC(=O)C(Cc1ccccc1)NC(=O)Nc1cc(C)ccn1. The minimum Gasteiger partial charge on any atom is -0.467 e. The summed E-state index contributed by atoms with van der Waals surface area (Å²) in [5, 5.41) is 5.23. The van der Waals surface area contributed by atoms with Crippen molar-refractivity contribution >= 4 is 17.8 Å². The van der Waals surface area contributed by atoms with Crippen molar-refractivity contribution in [3.05, 3.63) is 59.8 Å². The minimum absolute atomic E-state index is 0.349. The molecular weight excluding hydrogens is 294 g/mol.